The summed E-state index contributed by atoms with van der Waals surface area (Å²) < 4.78 is 19.1. The van der Waals surface area contributed by atoms with Crippen LogP contribution in [0, 0.1) is 11.7 Å². The van der Waals surface area contributed by atoms with Crippen LogP contribution in [0.15, 0.2) is 22.7 Å². The van der Waals surface area contributed by atoms with Crippen molar-refractivity contribution in [2.75, 3.05) is 19.7 Å². The van der Waals surface area contributed by atoms with E-state index in [0.29, 0.717) is 22.7 Å². The van der Waals surface area contributed by atoms with Gasteiger partial charge in [-0.1, -0.05) is 13.8 Å². The summed E-state index contributed by atoms with van der Waals surface area (Å²) in [6.45, 7) is 6.86. The Hall–Kier alpha value is -0.610. The molecule has 0 bridgehead atoms. The van der Waals surface area contributed by atoms with Crippen LogP contribution in [0.3, 0.4) is 0 Å². The number of hydrogen-bond donors (Lipinski definition) is 1. The quantitative estimate of drug-likeness (QED) is 0.777. The molecule has 1 N–H and O–H groups in total. The monoisotopic (exact) mass is 303 g/mol. The largest absolute Gasteiger partial charge is 0.492 e. The fourth-order valence-corrected chi connectivity index (χ4v) is 1.87. The molecule has 0 amide bonds. The standard InChI is InChI=1S/C13H19BrFNO/c1-3-6-16-8-10(2)9-17-13-5-4-11(15)7-12(13)14/h4-5,7,10,16H,3,6,8-9H2,1-2H3. The average Bonchev–Trinajstić information content (AvgIpc) is 2.28. The van der Waals surface area contributed by atoms with E-state index in [-0.39, 0.29) is 5.82 Å². The minimum atomic E-state index is -0.262. The third-order valence-electron chi connectivity index (χ3n) is 2.34. The van der Waals surface area contributed by atoms with Crippen molar-refractivity contribution in [1.29, 1.82) is 0 Å². The van der Waals surface area contributed by atoms with Crippen LogP contribution in [0.4, 0.5) is 4.39 Å². The summed E-state index contributed by atoms with van der Waals surface area (Å²) in [5, 5.41) is 3.34. The third-order valence-corrected chi connectivity index (χ3v) is 2.96. The predicted molar refractivity (Wildman–Crippen MR) is 71.9 cm³/mol. The van der Waals surface area contributed by atoms with Gasteiger partial charge in [0.2, 0.25) is 0 Å². The molecule has 4 heteroatoms. The van der Waals surface area contributed by atoms with Gasteiger partial charge in [0, 0.05) is 12.5 Å². The second-order valence-electron chi connectivity index (χ2n) is 4.20. The first-order valence-electron chi connectivity index (χ1n) is 5.92. The third kappa shape index (κ3) is 5.50. The smallest absolute Gasteiger partial charge is 0.133 e. The van der Waals surface area contributed by atoms with Crippen LogP contribution < -0.4 is 10.1 Å². The first kappa shape index (κ1) is 14.5. The van der Waals surface area contributed by atoms with Crippen LogP contribution in [0.1, 0.15) is 20.3 Å². The van der Waals surface area contributed by atoms with E-state index in [4.69, 9.17) is 4.74 Å². The van der Waals surface area contributed by atoms with E-state index in [2.05, 4.69) is 35.1 Å². The number of ether oxygens (including phenoxy) is 1. The molecule has 1 unspecified atom stereocenters. The first-order valence-corrected chi connectivity index (χ1v) is 6.71. The molecule has 1 aromatic rings. The summed E-state index contributed by atoms with van der Waals surface area (Å²) in [4.78, 5) is 0. The molecule has 0 aliphatic rings. The summed E-state index contributed by atoms with van der Waals surface area (Å²) in [6.07, 6.45) is 1.14. The number of hydrogen-bond acceptors (Lipinski definition) is 2. The van der Waals surface area contributed by atoms with Crippen LogP contribution in [-0.2, 0) is 0 Å². The van der Waals surface area contributed by atoms with E-state index < -0.39 is 0 Å². The Morgan fingerprint density at radius 3 is 2.88 bits per heavy atom. The molecule has 1 rings (SSSR count). The van der Waals surface area contributed by atoms with Crippen LogP contribution >= 0.6 is 15.9 Å². The van der Waals surface area contributed by atoms with Crippen molar-refractivity contribution in [3.8, 4) is 5.75 Å². The summed E-state index contributed by atoms with van der Waals surface area (Å²) in [7, 11) is 0. The molecule has 0 aliphatic heterocycles. The molecule has 0 heterocycles. The summed E-state index contributed by atoms with van der Waals surface area (Å²) in [5.74, 6) is 0.856. The van der Waals surface area contributed by atoms with Crippen molar-refractivity contribution >= 4 is 15.9 Å². The molecule has 96 valence electrons. The van der Waals surface area contributed by atoms with Crippen LogP contribution in [0.5, 0.6) is 5.75 Å². The van der Waals surface area contributed by atoms with Crippen molar-refractivity contribution in [2.45, 2.75) is 20.3 Å². The van der Waals surface area contributed by atoms with Gasteiger partial charge < -0.3 is 10.1 Å². The lowest BCUT2D eigenvalue weighted by Gasteiger charge is -2.14. The predicted octanol–water partition coefficient (Wildman–Crippen LogP) is 3.60. The van der Waals surface area contributed by atoms with E-state index in [0.717, 1.165) is 19.5 Å². The van der Waals surface area contributed by atoms with E-state index in [1.807, 2.05) is 0 Å². The molecule has 0 aliphatic carbocycles. The molecule has 0 aromatic heterocycles. The van der Waals surface area contributed by atoms with E-state index in [1.165, 1.54) is 12.1 Å². The van der Waals surface area contributed by atoms with Gasteiger partial charge in [-0.15, -0.1) is 0 Å². The second-order valence-corrected chi connectivity index (χ2v) is 5.05. The normalized spacial score (nSPS) is 12.5. The Kier molecular flexibility index (Phi) is 6.52. The summed E-state index contributed by atoms with van der Waals surface area (Å²) in [5.41, 5.74) is 0. The Balaban J connectivity index is 2.34. The zero-order chi connectivity index (χ0) is 12.7. The fraction of sp³-hybridized carbons (Fsp3) is 0.538. The molecule has 0 saturated carbocycles. The van der Waals surface area contributed by atoms with Crippen molar-refractivity contribution in [3.63, 3.8) is 0 Å². The Morgan fingerprint density at radius 1 is 1.47 bits per heavy atom. The lowest BCUT2D eigenvalue weighted by atomic mass is 10.2. The van der Waals surface area contributed by atoms with Gasteiger partial charge >= 0.3 is 0 Å². The molecule has 1 aromatic carbocycles. The average molecular weight is 304 g/mol. The van der Waals surface area contributed by atoms with Crippen molar-refractivity contribution in [2.24, 2.45) is 5.92 Å². The first-order chi connectivity index (χ1) is 8.13. The van der Waals surface area contributed by atoms with Crippen LogP contribution in [0.25, 0.3) is 0 Å². The second kappa shape index (κ2) is 7.67. The van der Waals surface area contributed by atoms with Gasteiger partial charge in [-0.2, -0.15) is 0 Å². The number of rotatable bonds is 7. The topological polar surface area (TPSA) is 21.3 Å². The maximum Gasteiger partial charge on any atom is 0.133 e. The maximum atomic E-state index is 12.9. The van der Waals surface area contributed by atoms with Gasteiger partial charge in [-0.25, -0.2) is 4.39 Å². The Bertz CT molecular complexity index is 346. The summed E-state index contributed by atoms with van der Waals surface area (Å²) >= 11 is 3.28. The molecule has 0 spiro atoms. The van der Waals surface area contributed by atoms with Gasteiger partial charge in [0.1, 0.15) is 11.6 Å². The molecule has 1 atom stereocenters. The lowest BCUT2D eigenvalue weighted by molar-refractivity contribution is 0.254. The van der Waals surface area contributed by atoms with E-state index in [9.17, 15) is 4.39 Å². The maximum absolute atomic E-state index is 12.9. The highest BCUT2D eigenvalue weighted by atomic mass is 79.9. The van der Waals surface area contributed by atoms with Gasteiger partial charge in [0.05, 0.1) is 11.1 Å². The van der Waals surface area contributed by atoms with E-state index >= 15 is 0 Å². The SMILES string of the molecule is CCCNCC(C)COc1ccc(F)cc1Br. The molecular weight excluding hydrogens is 285 g/mol. The van der Waals surface area contributed by atoms with Gasteiger partial charge in [-0.3, -0.25) is 0 Å². The van der Waals surface area contributed by atoms with E-state index in [1.54, 1.807) is 6.07 Å². The molecule has 2 nitrogen and oxygen atoms in total. The van der Waals surface area contributed by atoms with Gasteiger partial charge in [-0.05, 0) is 47.1 Å². The van der Waals surface area contributed by atoms with Crippen LogP contribution in [0.2, 0.25) is 0 Å². The zero-order valence-electron chi connectivity index (χ0n) is 10.3. The van der Waals surface area contributed by atoms with Crippen molar-refractivity contribution in [1.82, 2.24) is 5.32 Å². The highest BCUT2D eigenvalue weighted by molar-refractivity contribution is 9.10. The molecular formula is C13H19BrFNO. The fourth-order valence-electron chi connectivity index (χ4n) is 1.41. The Labute approximate surface area is 111 Å². The Morgan fingerprint density at radius 2 is 2.24 bits per heavy atom. The highest BCUT2D eigenvalue weighted by Gasteiger charge is 2.06. The van der Waals surface area contributed by atoms with Gasteiger partial charge in [0.15, 0.2) is 0 Å². The highest BCUT2D eigenvalue weighted by Crippen LogP contribution is 2.25. The molecule has 0 fully saturated rings. The zero-order valence-corrected chi connectivity index (χ0v) is 11.9. The van der Waals surface area contributed by atoms with Crippen molar-refractivity contribution < 1.29 is 9.13 Å². The van der Waals surface area contributed by atoms with Crippen molar-refractivity contribution in [3.05, 3.63) is 28.5 Å². The minimum absolute atomic E-state index is 0.262. The number of benzene rings is 1. The minimum Gasteiger partial charge on any atom is -0.492 e. The molecule has 17 heavy (non-hydrogen) atoms. The number of halogens is 2. The number of nitrogens with one attached hydrogen (secondary N) is 1. The van der Waals surface area contributed by atoms with Crippen LogP contribution in [-0.4, -0.2) is 19.7 Å². The molecule has 0 saturated heterocycles. The van der Waals surface area contributed by atoms with Gasteiger partial charge in [0.25, 0.3) is 0 Å². The lowest BCUT2D eigenvalue weighted by Crippen LogP contribution is -2.25. The molecule has 0 radical (unpaired) electrons. The summed E-state index contributed by atoms with van der Waals surface area (Å²) in [6, 6.07) is 4.46.